The summed E-state index contributed by atoms with van der Waals surface area (Å²) in [7, 11) is 0. The number of hydrogen-bond donors (Lipinski definition) is 2. The molecule has 0 aromatic rings. The van der Waals surface area contributed by atoms with Gasteiger partial charge in [0, 0.05) is 10.3 Å². The Morgan fingerprint density at radius 3 is 2.62 bits per heavy atom. The Labute approximate surface area is 85.3 Å². The Morgan fingerprint density at radius 2 is 2.23 bits per heavy atom. The van der Waals surface area contributed by atoms with E-state index in [1.54, 1.807) is 0 Å². The molecule has 0 bridgehead atoms. The zero-order valence-electron chi connectivity index (χ0n) is 8.84. The molecular weight excluding hydrogens is 182 g/mol. The minimum absolute atomic E-state index is 0.0875. The number of aliphatic hydroxyl groups excluding tert-OH is 1. The summed E-state index contributed by atoms with van der Waals surface area (Å²) in [5, 5.41) is 9.09. The van der Waals surface area contributed by atoms with Gasteiger partial charge >= 0.3 is 0 Å². The van der Waals surface area contributed by atoms with Crippen LogP contribution in [0.2, 0.25) is 0 Å². The van der Waals surface area contributed by atoms with Crippen LogP contribution < -0.4 is 5.73 Å². The quantitative estimate of drug-likeness (QED) is 0.732. The molecule has 1 heterocycles. The highest BCUT2D eigenvalue weighted by Crippen LogP contribution is 2.45. The fourth-order valence-electron chi connectivity index (χ4n) is 1.90. The second-order valence-corrected chi connectivity index (χ2v) is 6.70. The van der Waals surface area contributed by atoms with Crippen LogP contribution in [-0.4, -0.2) is 27.8 Å². The van der Waals surface area contributed by atoms with Crippen molar-refractivity contribution in [2.45, 2.75) is 43.9 Å². The molecule has 0 aromatic heterocycles. The van der Waals surface area contributed by atoms with Crippen molar-refractivity contribution in [1.29, 1.82) is 0 Å². The van der Waals surface area contributed by atoms with E-state index in [2.05, 4.69) is 13.8 Å². The fourth-order valence-corrected chi connectivity index (χ4v) is 3.27. The highest BCUT2D eigenvalue weighted by atomic mass is 32.2. The van der Waals surface area contributed by atoms with Crippen molar-refractivity contribution in [1.82, 2.24) is 0 Å². The molecule has 0 spiro atoms. The molecule has 1 fully saturated rings. The van der Waals surface area contributed by atoms with Crippen LogP contribution in [0.4, 0.5) is 0 Å². The summed E-state index contributed by atoms with van der Waals surface area (Å²) in [5.41, 5.74) is 5.56. The third-order valence-corrected chi connectivity index (χ3v) is 4.51. The summed E-state index contributed by atoms with van der Waals surface area (Å²) in [4.78, 5) is 0. The summed E-state index contributed by atoms with van der Waals surface area (Å²) < 4.78 is 0.343. The van der Waals surface area contributed by atoms with Crippen molar-refractivity contribution in [2.75, 3.05) is 12.4 Å². The summed E-state index contributed by atoms with van der Waals surface area (Å²) in [5.74, 6) is 1.89. The predicted molar refractivity (Wildman–Crippen MR) is 58.9 cm³/mol. The summed E-state index contributed by atoms with van der Waals surface area (Å²) in [6.07, 6.45) is 2.17. The van der Waals surface area contributed by atoms with Gasteiger partial charge in [0.1, 0.15) is 0 Å². The van der Waals surface area contributed by atoms with E-state index in [0.29, 0.717) is 10.7 Å². The van der Waals surface area contributed by atoms with E-state index in [1.165, 1.54) is 12.2 Å². The van der Waals surface area contributed by atoms with E-state index < -0.39 is 5.54 Å². The molecule has 2 unspecified atom stereocenters. The number of hydrogen-bond acceptors (Lipinski definition) is 3. The van der Waals surface area contributed by atoms with Gasteiger partial charge in [0.05, 0.1) is 6.61 Å². The van der Waals surface area contributed by atoms with Gasteiger partial charge in [0.25, 0.3) is 0 Å². The van der Waals surface area contributed by atoms with Crippen molar-refractivity contribution in [3.05, 3.63) is 0 Å². The molecule has 0 aromatic carbocycles. The Bertz CT molecular complexity index is 180. The van der Waals surface area contributed by atoms with Crippen molar-refractivity contribution in [3.8, 4) is 0 Å². The van der Waals surface area contributed by atoms with Crippen molar-refractivity contribution in [2.24, 2.45) is 11.7 Å². The molecular formula is C10H21NOS. The fraction of sp³-hybridized carbons (Fsp3) is 1.00. The smallest absolute Gasteiger partial charge is 0.0608 e. The van der Waals surface area contributed by atoms with Gasteiger partial charge < -0.3 is 10.8 Å². The van der Waals surface area contributed by atoms with Gasteiger partial charge in [0.15, 0.2) is 0 Å². The van der Waals surface area contributed by atoms with E-state index in [4.69, 9.17) is 10.8 Å². The van der Waals surface area contributed by atoms with Gasteiger partial charge in [-0.25, -0.2) is 0 Å². The molecule has 1 saturated heterocycles. The van der Waals surface area contributed by atoms with Crippen LogP contribution in [0.25, 0.3) is 0 Å². The van der Waals surface area contributed by atoms with Crippen LogP contribution in [0, 0.1) is 5.92 Å². The molecule has 0 amide bonds. The summed E-state index contributed by atoms with van der Waals surface area (Å²) in [6.45, 7) is 6.59. The highest BCUT2D eigenvalue weighted by molar-refractivity contribution is 8.00. The SMILES string of the molecule is CC(N)(CO)CC1CCSC1(C)C. The Hall–Kier alpha value is 0.270. The Kier molecular flexibility index (Phi) is 3.31. The molecule has 0 aliphatic carbocycles. The largest absolute Gasteiger partial charge is 0.394 e. The molecule has 1 rings (SSSR count). The van der Waals surface area contributed by atoms with Gasteiger partial charge in [-0.05, 0) is 31.4 Å². The summed E-state index contributed by atoms with van der Waals surface area (Å²) in [6, 6.07) is 0. The molecule has 1 aliphatic heterocycles. The first kappa shape index (κ1) is 11.3. The van der Waals surface area contributed by atoms with Crippen molar-refractivity contribution in [3.63, 3.8) is 0 Å². The zero-order valence-corrected chi connectivity index (χ0v) is 9.66. The standard InChI is InChI=1S/C10H21NOS/c1-9(2)8(4-5-13-9)6-10(3,11)7-12/h8,12H,4-7,11H2,1-3H3. The number of thioether (sulfide) groups is 1. The third-order valence-electron chi connectivity index (χ3n) is 3.00. The van der Waals surface area contributed by atoms with Crippen LogP contribution in [0.1, 0.15) is 33.6 Å². The van der Waals surface area contributed by atoms with Gasteiger partial charge in [-0.1, -0.05) is 13.8 Å². The average molecular weight is 203 g/mol. The van der Waals surface area contributed by atoms with E-state index in [0.717, 1.165) is 6.42 Å². The first-order chi connectivity index (χ1) is 5.87. The molecule has 0 radical (unpaired) electrons. The Morgan fingerprint density at radius 1 is 1.62 bits per heavy atom. The lowest BCUT2D eigenvalue weighted by molar-refractivity contribution is 0.174. The molecule has 3 heteroatoms. The van der Waals surface area contributed by atoms with Gasteiger partial charge in [-0.3, -0.25) is 0 Å². The van der Waals surface area contributed by atoms with Crippen LogP contribution in [-0.2, 0) is 0 Å². The molecule has 1 aliphatic rings. The first-order valence-corrected chi connectivity index (χ1v) is 5.90. The lowest BCUT2D eigenvalue weighted by Gasteiger charge is -2.32. The lowest BCUT2D eigenvalue weighted by atomic mass is 9.82. The van der Waals surface area contributed by atoms with E-state index in [1.807, 2.05) is 18.7 Å². The van der Waals surface area contributed by atoms with E-state index >= 15 is 0 Å². The van der Waals surface area contributed by atoms with Crippen molar-refractivity contribution >= 4 is 11.8 Å². The molecule has 78 valence electrons. The maximum Gasteiger partial charge on any atom is 0.0608 e. The summed E-state index contributed by atoms with van der Waals surface area (Å²) >= 11 is 2.02. The number of aliphatic hydroxyl groups is 1. The highest BCUT2D eigenvalue weighted by Gasteiger charge is 2.38. The van der Waals surface area contributed by atoms with Gasteiger partial charge in [0.2, 0.25) is 0 Å². The zero-order chi connectivity index (χ0) is 10.1. The van der Waals surface area contributed by atoms with E-state index in [-0.39, 0.29) is 6.61 Å². The minimum atomic E-state index is -0.396. The van der Waals surface area contributed by atoms with Gasteiger partial charge in [-0.15, -0.1) is 0 Å². The molecule has 2 nitrogen and oxygen atoms in total. The normalized spacial score (nSPS) is 31.6. The minimum Gasteiger partial charge on any atom is -0.394 e. The van der Waals surface area contributed by atoms with Crippen LogP contribution in [0.3, 0.4) is 0 Å². The predicted octanol–water partition coefficient (Wildman–Crippen LogP) is 1.62. The monoisotopic (exact) mass is 203 g/mol. The Balaban J connectivity index is 2.54. The number of rotatable bonds is 3. The molecule has 3 N–H and O–H groups in total. The second-order valence-electron chi connectivity index (χ2n) is 4.95. The number of nitrogens with two attached hydrogens (primary N) is 1. The topological polar surface area (TPSA) is 46.2 Å². The van der Waals surface area contributed by atoms with Crippen LogP contribution in [0.15, 0.2) is 0 Å². The molecule has 2 atom stereocenters. The third kappa shape index (κ3) is 2.86. The van der Waals surface area contributed by atoms with Crippen LogP contribution >= 0.6 is 11.8 Å². The maximum absolute atomic E-state index is 9.09. The molecule has 0 saturated carbocycles. The van der Waals surface area contributed by atoms with Gasteiger partial charge in [-0.2, -0.15) is 11.8 Å². The molecule has 13 heavy (non-hydrogen) atoms. The first-order valence-electron chi connectivity index (χ1n) is 4.91. The van der Waals surface area contributed by atoms with Crippen molar-refractivity contribution < 1.29 is 5.11 Å². The maximum atomic E-state index is 9.09. The average Bonchev–Trinajstić information content (AvgIpc) is 2.31. The lowest BCUT2D eigenvalue weighted by Crippen LogP contribution is -2.44. The second kappa shape index (κ2) is 3.79. The van der Waals surface area contributed by atoms with E-state index in [9.17, 15) is 0 Å². The van der Waals surface area contributed by atoms with Crippen LogP contribution in [0.5, 0.6) is 0 Å².